The molecule has 0 aromatic heterocycles. The normalized spacial score (nSPS) is 17.9. The van der Waals surface area contributed by atoms with E-state index in [4.69, 9.17) is 5.11 Å². The molecule has 2 nitrogen and oxygen atoms in total. The summed E-state index contributed by atoms with van der Waals surface area (Å²) in [6.45, 7) is 0. The Morgan fingerprint density at radius 3 is 2.43 bits per heavy atom. The molecule has 1 aliphatic carbocycles. The van der Waals surface area contributed by atoms with Crippen LogP contribution in [0.2, 0.25) is 0 Å². The number of halogens is 4. The van der Waals surface area contributed by atoms with E-state index < -0.39 is 40.9 Å². The highest BCUT2D eigenvalue weighted by molar-refractivity contribution is 5.67. The van der Waals surface area contributed by atoms with E-state index in [1.807, 2.05) is 0 Å². The molecule has 0 bridgehead atoms. The van der Waals surface area contributed by atoms with Gasteiger partial charge in [0.15, 0.2) is 0 Å². The number of aliphatic carboxylic acids is 1. The number of rotatable bonds is 5. The van der Waals surface area contributed by atoms with Gasteiger partial charge in [0.1, 0.15) is 11.6 Å². The van der Waals surface area contributed by atoms with Crippen molar-refractivity contribution < 1.29 is 27.5 Å². The molecule has 1 fully saturated rings. The SMILES string of the molecule is O=C(O)CC1(CC(F)(F)c2cc(F)ccc2F)CCCC1. The minimum absolute atomic E-state index is 0.367. The summed E-state index contributed by atoms with van der Waals surface area (Å²) >= 11 is 0. The van der Waals surface area contributed by atoms with Crippen molar-refractivity contribution in [3.05, 3.63) is 35.4 Å². The molecule has 0 aliphatic heterocycles. The molecule has 6 heteroatoms. The van der Waals surface area contributed by atoms with Gasteiger partial charge < -0.3 is 5.11 Å². The van der Waals surface area contributed by atoms with Gasteiger partial charge in [-0.15, -0.1) is 0 Å². The van der Waals surface area contributed by atoms with Gasteiger partial charge in [-0.3, -0.25) is 4.79 Å². The summed E-state index contributed by atoms with van der Waals surface area (Å²) in [7, 11) is 0. The zero-order valence-corrected chi connectivity index (χ0v) is 11.3. The Balaban J connectivity index is 2.30. The van der Waals surface area contributed by atoms with Crippen molar-refractivity contribution in [2.24, 2.45) is 5.41 Å². The molecule has 0 unspecified atom stereocenters. The molecular formula is C15H16F4O2. The number of alkyl halides is 2. The van der Waals surface area contributed by atoms with Gasteiger partial charge >= 0.3 is 5.97 Å². The number of hydrogen-bond donors (Lipinski definition) is 1. The first-order valence-electron chi connectivity index (χ1n) is 6.79. The number of carbonyl (C=O) groups is 1. The molecule has 21 heavy (non-hydrogen) atoms. The first-order valence-corrected chi connectivity index (χ1v) is 6.79. The predicted molar refractivity (Wildman–Crippen MR) is 68.0 cm³/mol. The van der Waals surface area contributed by atoms with Crippen LogP contribution in [0.5, 0.6) is 0 Å². The monoisotopic (exact) mass is 304 g/mol. The van der Waals surface area contributed by atoms with Crippen LogP contribution in [0.15, 0.2) is 18.2 Å². The van der Waals surface area contributed by atoms with Crippen molar-refractivity contribution in [3.63, 3.8) is 0 Å². The van der Waals surface area contributed by atoms with Gasteiger partial charge in [-0.1, -0.05) is 12.8 Å². The molecule has 0 spiro atoms. The van der Waals surface area contributed by atoms with Gasteiger partial charge in [-0.2, -0.15) is 0 Å². The molecule has 1 aliphatic rings. The first-order chi connectivity index (χ1) is 9.74. The van der Waals surface area contributed by atoms with Crippen LogP contribution in [0.4, 0.5) is 17.6 Å². The topological polar surface area (TPSA) is 37.3 Å². The Kier molecular flexibility index (Phi) is 4.25. The van der Waals surface area contributed by atoms with Crippen molar-refractivity contribution in [3.8, 4) is 0 Å². The quantitative estimate of drug-likeness (QED) is 0.814. The zero-order chi connectivity index (χ0) is 15.7. The average Bonchev–Trinajstić information content (AvgIpc) is 2.78. The summed E-state index contributed by atoms with van der Waals surface area (Å²) < 4.78 is 55.4. The summed E-state index contributed by atoms with van der Waals surface area (Å²) in [6.07, 6.45) is 0.938. The van der Waals surface area contributed by atoms with Crippen LogP contribution in [0, 0.1) is 17.0 Å². The fourth-order valence-corrected chi connectivity index (χ4v) is 3.21. The third-order valence-corrected chi connectivity index (χ3v) is 4.11. The van der Waals surface area contributed by atoms with E-state index in [9.17, 15) is 22.4 Å². The molecule has 0 saturated heterocycles. The van der Waals surface area contributed by atoms with Crippen molar-refractivity contribution in [1.29, 1.82) is 0 Å². The van der Waals surface area contributed by atoms with Crippen LogP contribution in [-0.2, 0) is 10.7 Å². The van der Waals surface area contributed by atoms with E-state index in [1.165, 1.54) is 0 Å². The molecular weight excluding hydrogens is 288 g/mol. The molecule has 1 saturated carbocycles. The van der Waals surface area contributed by atoms with E-state index in [0.29, 0.717) is 37.8 Å². The van der Waals surface area contributed by atoms with Crippen LogP contribution in [0.1, 0.15) is 44.1 Å². The number of benzene rings is 1. The molecule has 0 radical (unpaired) electrons. The second-order valence-corrected chi connectivity index (χ2v) is 5.78. The summed E-state index contributed by atoms with van der Waals surface area (Å²) in [5.41, 5.74) is -2.05. The van der Waals surface area contributed by atoms with Gasteiger partial charge in [-0.05, 0) is 36.5 Å². The van der Waals surface area contributed by atoms with Gasteiger partial charge in [0.05, 0.1) is 12.0 Å². The highest BCUT2D eigenvalue weighted by Gasteiger charge is 2.47. The second-order valence-electron chi connectivity index (χ2n) is 5.78. The summed E-state index contributed by atoms with van der Waals surface area (Å²) in [5.74, 6) is -6.85. The third kappa shape index (κ3) is 3.54. The summed E-state index contributed by atoms with van der Waals surface area (Å²) in [5, 5.41) is 8.93. The summed E-state index contributed by atoms with van der Waals surface area (Å²) in [6, 6.07) is 1.92. The van der Waals surface area contributed by atoms with Crippen molar-refractivity contribution in [2.75, 3.05) is 0 Å². The smallest absolute Gasteiger partial charge is 0.303 e. The van der Waals surface area contributed by atoms with Gasteiger partial charge in [0, 0.05) is 6.42 Å². The van der Waals surface area contributed by atoms with Crippen molar-refractivity contribution in [2.45, 2.75) is 44.4 Å². The fraction of sp³-hybridized carbons (Fsp3) is 0.533. The van der Waals surface area contributed by atoms with Crippen LogP contribution in [0.25, 0.3) is 0 Å². The van der Waals surface area contributed by atoms with Gasteiger partial charge in [-0.25, -0.2) is 17.6 Å². The highest BCUT2D eigenvalue weighted by Crippen LogP contribution is 2.51. The fourth-order valence-electron chi connectivity index (χ4n) is 3.21. The maximum absolute atomic E-state index is 14.3. The van der Waals surface area contributed by atoms with E-state index >= 15 is 0 Å². The molecule has 0 heterocycles. The van der Waals surface area contributed by atoms with Crippen LogP contribution < -0.4 is 0 Å². The number of hydrogen-bond acceptors (Lipinski definition) is 1. The summed E-state index contributed by atoms with van der Waals surface area (Å²) in [4.78, 5) is 10.9. The predicted octanol–water partition coefficient (Wildman–Crippen LogP) is 4.48. The lowest BCUT2D eigenvalue weighted by Crippen LogP contribution is -2.30. The lowest BCUT2D eigenvalue weighted by atomic mass is 9.76. The molecule has 1 aromatic rings. The Morgan fingerprint density at radius 1 is 1.24 bits per heavy atom. The highest BCUT2D eigenvalue weighted by atomic mass is 19.3. The zero-order valence-electron chi connectivity index (χ0n) is 11.3. The Labute approximate surface area is 119 Å². The van der Waals surface area contributed by atoms with Crippen LogP contribution in [0.3, 0.4) is 0 Å². The lowest BCUT2D eigenvalue weighted by Gasteiger charge is -2.32. The number of carboxylic acid groups (broad SMARTS) is 1. The minimum Gasteiger partial charge on any atom is -0.481 e. The van der Waals surface area contributed by atoms with E-state index in [0.717, 1.165) is 6.07 Å². The third-order valence-electron chi connectivity index (χ3n) is 4.11. The molecule has 0 atom stereocenters. The minimum atomic E-state index is -3.59. The maximum atomic E-state index is 14.3. The van der Waals surface area contributed by atoms with Gasteiger partial charge in [0.25, 0.3) is 5.92 Å². The van der Waals surface area contributed by atoms with Crippen LogP contribution in [-0.4, -0.2) is 11.1 Å². The number of carboxylic acids is 1. The molecule has 1 aromatic carbocycles. The maximum Gasteiger partial charge on any atom is 0.303 e. The average molecular weight is 304 g/mol. The first kappa shape index (κ1) is 15.8. The molecule has 116 valence electrons. The molecule has 0 amide bonds. The van der Waals surface area contributed by atoms with Crippen molar-refractivity contribution in [1.82, 2.24) is 0 Å². The van der Waals surface area contributed by atoms with Crippen molar-refractivity contribution >= 4 is 5.97 Å². The molecule has 2 rings (SSSR count). The Hall–Kier alpha value is -1.59. The second kappa shape index (κ2) is 5.66. The standard InChI is InChI=1S/C15H16F4O2/c16-10-3-4-12(17)11(7-10)15(18,19)9-14(8-13(20)21)5-1-2-6-14/h3-4,7H,1-2,5-6,8-9H2,(H,20,21). The Bertz CT molecular complexity index is 536. The van der Waals surface area contributed by atoms with E-state index in [1.54, 1.807) is 0 Å². The molecule has 1 N–H and O–H groups in total. The largest absolute Gasteiger partial charge is 0.481 e. The van der Waals surface area contributed by atoms with E-state index in [-0.39, 0.29) is 6.42 Å². The van der Waals surface area contributed by atoms with Crippen LogP contribution >= 0.6 is 0 Å². The van der Waals surface area contributed by atoms with E-state index in [2.05, 4.69) is 0 Å². The lowest BCUT2D eigenvalue weighted by molar-refractivity contribution is -0.141. The van der Waals surface area contributed by atoms with Gasteiger partial charge in [0.2, 0.25) is 0 Å². The Morgan fingerprint density at radius 2 is 1.86 bits per heavy atom.